The summed E-state index contributed by atoms with van der Waals surface area (Å²) >= 11 is 1.27. The quantitative estimate of drug-likeness (QED) is 0.270. The monoisotopic (exact) mass is 620 g/mol. The van der Waals surface area contributed by atoms with Crippen molar-refractivity contribution < 1.29 is 66.5 Å². The van der Waals surface area contributed by atoms with Gasteiger partial charge in [-0.3, -0.25) is 19.2 Å². The Labute approximate surface area is 248 Å². The molecule has 4 aliphatic rings. The summed E-state index contributed by atoms with van der Waals surface area (Å²) in [7, 11) is 0. The molecule has 238 valence electrons. The van der Waals surface area contributed by atoms with Gasteiger partial charge in [-0.1, -0.05) is 0 Å². The Hall–Kier alpha value is -2.01. The number of rotatable bonds is 9. The van der Waals surface area contributed by atoms with E-state index in [1.165, 1.54) is 39.5 Å². The molecule has 10 atom stereocenters. The van der Waals surface area contributed by atoms with E-state index < -0.39 is 96.0 Å². The van der Waals surface area contributed by atoms with Crippen LogP contribution in [0.3, 0.4) is 0 Å². The van der Waals surface area contributed by atoms with Gasteiger partial charge in [0.15, 0.2) is 36.2 Å². The second-order valence-corrected chi connectivity index (χ2v) is 12.6. The number of esters is 4. The molecule has 4 aliphatic heterocycles. The molecule has 0 aromatic rings. The van der Waals surface area contributed by atoms with Crippen LogP contribution in [0.15, 0.2) is 0 Å². The van der Waals surface area contributed by atoms with Gasteiger partial charge < -0.3 is 47.4 Å². The van der Waals surface area contributed by atoms with Gasteiger partial charge in [0.05, 0.1) is 6.10 Å². The van der Waals surface area contributed by atoms with Gasteiger partial charge >= 0.3 is 23.9 Å². The molecule has 0 aromatic carbocycles. The summed E-state index contributed by atoms with van der Waals surface area (Å²) in [6.45, 7) is 11.7. The molecule has 0 spiro atoms. The van der Waals surface area contributed by atoms with E-state index in [9.17, 15) is 19.2 Å². The van der Waals surface area contributed by atoms with Gasteiger partial charge in [0.25, 0.3) is 0 Å². The normalized spacial score (nSPS) is 38.1. The van der Waals surface area contributed by atoms with Crippen LogP contribution in [0, 0.1) is 0 Å². The molecule has 4 rings (SSSR count). The zero-order valence-electron chi connectivity index (χ0n) is 25.0. The van der Waals surface area contributed by atoms with Crippen molar-refractivity contribution in [2.24, 2.45) is 0 Å². The fourth-order valence-electron chi connectivity index (χ4n) is 5.55. The topological polar surface area (TPSA) is 161 Å². The molecule has 0 aromatic heterocycles. The number of carbonyl (C=O) groups excluding carboxylic acids is 4. The van der Waals surface area contributed by atoms with Crippen molar-refractivity contribution in [1.29, 1.82) is 0 Å². The maximum Gasteiger partial charge on any atom is 0.303 e. The molecule has 0 amide bonds. The lowest BCUT2D eigenvalue weighted by Crippen LogP contribution is -2.61. The molecular formula is C27H40O14S. The van der Waals surface area contributed by atoms with E-state index in [0.29, 0.717) is 12.2 Å². The van der Waals surface area contributed by atoms with Crippen molar-refractivity contribution in [2.75, 3.05) is 12.4 Å². The van der Waals surface area contributed by atoms with Crippen LogP contribution < -0.4 is 0 Å². The average Bonchev–Trinajstić information content (AvgIpc) is 3.34. The van der Waals surface area contributed by atoms with E-state index in [4.69, 9.17) is 47.4 Å². The van der Waals surface area contributed by atoms with Crippen molar-refractivity contribution in [3.05, 3.63) is 0 Å². The Morgan fingerprint density at radius 1 is 0.643 bits per heavy atom. The molecule has 0 radical (unpaired) electrons. The average molecular weight is 621 g/mol. The molecule has 42 heavy (non-hydrogen) atoms. The Bertz CT molecular complexity index is 1030. The number of carbonyl (C=O) groups is 4. The van der Waals surface area contributed by atoms with Gasteiger partial charge in [-0.05, 0) is 39.9 Å². The Balaban J connectivity index is 1.52. The van der Waals surface area contributed by atoms with Gasteiger partial charge in [-0.15, -0.1) is 11.8 Å². The summed E-state index contributed by atoms with van der Waals surface area (Å²) in [4.78, 5) is 47.7. The summed E-state index contributed by atoms with van der Waals surface area (Å²) in [6.07, 6.45) is -6.54. The Morgan fingerprint density at radius 3 is 1.81 bits per heavy atom. The van der Waals surface area contributed by atoms with Crippen LogP contribution in [0.1, 0.15) is 61.8 Å². The fraction of sp³-hybridized carbons (Fsp3) is 0.852. The number of hydrogen-bond acceptors (Lipinski definition) is 15. The molecule has 0 unspecified atom stereocenters. The largest absolute Gasteiger partial charge is 0.463 e. The summed E-state index contributed by atoms with van der Waals surface area (Å²) in [5.41, 5.74) is -0.889. The molecule has 4 fully saturated rings. The van der Waals surface area contributed by atoms with E-state index in [2.05, 4.69) is 0 Å². The zero-order valence-corrected chi connectivity index (χ0v) is 25.8. The first-order chi connectivity index (χ1) is 19.5. The van der Waals surface area contributed by atoms with Gasteiger partial charge in [0, 0.05) is 27.7 Å². The fourth-order valence-corrected chi connectivity index (χ4v) is 6.77. The molecule has 0 saturated carbocycles. The number of ether oxygens (including phenoxy) is 10. The highest BCUT2D eigenvalue weighted by Gasteiger charge is 2.60. The third-order valence-electron chi connectivity index (χ3n) is 6.88. The highest BCUT2D eigenvalue weighted by atomic mass is 32.2. The minimum Gasteiger partial charge on any atom is -0.463 e. The number of fused-ring (bicyclic) bond motifs is 3. The second-order valence-electron chi connectivity index (χ2n) is 11.4. The van der Waals surface area contributed by atoms with Gasteiger partial charge in [0.2, 0.25) is 0 Å². The highest BCUT2D eigenvalue weighted by molar-refractivity contribution is 7.99. The minimum absolute atomic E-state index is 0.291. The van der Waals surface area contributed by atoms with Crippen LogP contribution in [0.5, 0.6) is 0 Å². The maximum atomic E-state index is 12.1. The van der Waals surface area contributed by atoms with E-state index in [-0.39, 0.29) is 6.61 Å². The molecule has 0 N–H and O–H groups in total. The van der Waals surface area contributed by atoms with Gasteiger partial charge in [-0.25, -0.2) is 0 Å². The molecule has 0 aliphatic carbocycles. The van der Waals surface area contributed by atoms with Crippen LogP contribution in [-0.4, -0.2) is 108 Å². The first-order valence-corrected chi connectivity index (χ1v) is 14.9. The zero-order chi connectivity index (χ0) is 31.0. The first-order valence-electron chi connectivity index (χ1n) is 13.8. The summed E-state index contributed by atoms with van der Waals surface area (Å²) in [5, 5.41) is 0. The molecule has 14 nitrogen and oxygen atoms in total. The lowest BCUT2D eigenvalue weighted by atomic mass is 9.97. The predicted octanol–water partition coefficient (Wildman–Crippen LogP) is 1.59. The van der Waals surface area contributed by atoms with Crippen molar-refractivity contribution in [2.45, 2.75) is 134 Å². The van der Waals surface area contributed by atoms with Crippen molar-refractivity contribution in [1.82, 2.24) is 0 Å². The van der Waals surface area contributed by atoms with Crippen LogP contribution >= 0.6 is 11.8 Å². The molecule has 4 heterocycles. The standard InChI is InChI=1S/C27H40O14S/c1-12(28)32-11-17-18(33-13(2)29)20(34-14(3)30)23(35-15(4)31)25(37-17)42-10-9-16-19-21(39-26(5,6)38-19)22-24(36-16)41-27(7,8)40-22/h16-25H,9-11H2,1-8H3/t16-,17+,18+,19-,20-,21-,22+,23+,24+,25-/m0/s1. The lowest BCUT2D eigenvalue weighted by Gasteiger charge is -2.44. The van der Waals surface area contributed by atoms with Gasteiger partial charge in [0.1, 0.15) is 36.5 Å². The Morgan fingerprint density at radius 2 is 1.19 bits per heavy atom. The van der Waals surface area contributed by atoms with Crippen molar-refractivity contribution >= 4 is 35.6 Å². The van der Waals surface area contributed by atoms with E-state index >= 15 is 0 Å². The Kier molecular flexibility index (Phi) is 10.1. The third-order valence-corrected chi connectivity index (χ3v) is 8.06. The highest BCUT2D eigenvalue weighted by Crippen LogP contribution is 2.45. The van der Waals surface area contributed by atoms with E-state index in [1.54, 1.807) is 13.8 Å². The SMILES string of the molecule is CC(=O)OC[C@H]1O[C@@H](SCC[C@@H]2O[C@@H]3OC(C)(C)O[C@@H]3[C@H]3OC(C)(C)O[C@H]32)[C@H](OC(C)=O)[C@@H](OC(C)=O)[C@@H]1OC(C)=O. The van der Waals surface area contributed by atoms with Crippen molar-refractivity contribution in [3.8, 4) is 0 Å². The summed E-state index contributed by atoms with van der Waals surface area (Å²) in [6, 6.07) is 0. The molecule has 15 heteroatoms. The molecule has 0 bridgehead atoms. The van der Waals surface area contributed by atoms with Crippen LogP contribution in [-0.2, 0) is 66.5 Å². The summed E-state index contributed by atoms with van der Waals surface area (Å²) < 4.78 is 58.5. The smallest absolute Gasteiger partial charge is 0.303 e. The number of thioether (sulfide) groups is 1. The van der Waals surface area contributed by atoms with Crippen molar-refractivity contribution in [3.63, 3.8) is 0 Å². The first kappa shape index (κ1) is 32.9. The van der Waals surface area contributed by atoms with Crippen LogP contribution in [0.25, 0.3) is 0 Å². The second kappa shape index (κ2) is 12.9. The predicted molar refractivity (Wildman–Crippen MR) is 142 cm³/mol. The van der Waals surface area contributed by atoms with E-state index in [1.807, 2.05) is 13.8 Å². The van der Waals surface area contributed by atoms with Crippen LogP contribution in [0.2, 0.25) is 0 Å². The number of hydrogen-bond donors (Lipinski definition) is 0. The third kappa shape index (κ3) is 7.92. The summed E-state index contributed by atoms with van der Waals surface area (Å²) in [5.74, 6) is -3.91. The van der Waals surface area contributed by atoms with Gasteiger partial charge in [-0.2, -0.15) is 0 Å². The van der Waals surface area contributed by atoms with Crippen LogP contribution in [0.4, 0.5) is 0 Å². The molecular weight excluding hydrogens is 580 g/mol. The molecule has 4 saturated heterocycles. The lowest BCUT2D eigenvalue weighted by molar-refractivity contribution is -0.238. The minimum atomic E-state index is -1.23. The maximum absolute atomic E-state index is 12.1. The van der Waals surface area contributed by atoms with E-state index in [0.717, 1.165) is 0 Å².